The average molecular weight is 495 g/mol. The summed E-state index contributed by atoms with van der Waals surface area (Å²) in [5.74, 6) is -52.5. The van der Waals surface area contributed by atoms with Gasteiger partial charge in [0.2, 0.25) is 0 Å². The van der Waals surface area contributed by atoms with Gasteiger partial charge in [0.1, 0.15) is 0 Å². The molecule has 0 aromatic carbocycles. The fourth-order valence-electron chi connectivity index (χ4n) is 1.57. The summed E-state index contributed by atoms with van der Waals surface area (Å²) in [5.41, 5.74) is 0. The van der Waals surface area contributed by atoms with Crippen LogP contribution in [0.3, 0.4) is 0 Å². The molecule has 18 heteroatoms. The number of hydrogen-bond acceptors (Lipinski definition) is 0. The molecule has 28 heavy (non-hydrogen) atoms. The maximum Gasteiger partial charge on any atom is 0.460 e. The number of rotatable bonds is 7. The van der Waals surface area contributed by atoms with E-state index in [4.69, 9.17) is 11.1 Å². The second kappa shape index (κ2) is 6.70. The van der Waals surface area contributed by atoms with Gasteiger partial charge in [0.05, 0.1) is 0 Å². The van der Waals surface area contributed by atoms with Crippen molar-refractivity contribution in [1.29, 1.82) is 0 Å². The van der Waals surface area contributed by atoms with Crippen LogP contribution in [0.25, 0.3) is 0 Å². The summed E-state index contributed by atoms with van der Waals surface area (Å²) in [6.07, 6.45) is -7.68. The molecule has 0 N–H and O–H groups in total. The van der Waals surface area contributed by atoms with Crippen LogP contribution in [0, 0.1) is 0 Å². The minimum atomic E-state index is -8.43. The Kier molecular flexibility index (Phi) is 6.55. The van der Waals surface area contributed by atoms with E-state index in [0.717, 1.165) is 0 Å². The van der Waals surface area contributed by atoms with Crippen LogP contribution in [0.5, 0.6) is 0 Å². The monoisotopic (exact) mass is 494 g/mol. The normalized spacial score (nSPS) is 17.7. The zero-order valence-corrected chi connectivity index (χ0v) is 14.8. The summed E-state index contributed by atoms with van der Waals surface area (Å²) >= 11 is 4.96. The Balaban J connectivity index is 6.64. The van der Waals surface area contributed by atoms with Crippen molar-refractivity contribution in [2.45, 2.75) is 60.6 Å². The lowest BCUT2D eigenvalue weighted by atomic mass is 9.91. The van der Waals surface area contributed by atoms with Gasteiger partial charge in [-0.15, -0.1) is 0 Å². The van der Waals surface area contributed by atoms with E-state index in [2.05, 4.69) is 0 Å². The van der Waals surface area contributed by atoms with Gasteiger partial charge in [-0.05, 0) is 0 Å². The average Bonchev–Trinajstić information content (AvgIpc) is 2.42. The summed E-state index contributed by atoms with van der Waals surface area (Å²) in [6, 6.07) is 0. The van der Waals surface area contributed by atoms with E-state index in [-0.39, 0.29) is 13.1 Å². The fourth-order valence-corrected chi connectivity index (χ4v) is 3.02. The molecule has 1 atom stereocenters. The van der Waals surface area contributed by atoms with Crippen LogP contribution in [0.15, 0.2) is 0 Å². The third-order valence-corrected chi connectivity index (χ3v) is 5.42. The first-order valence-electron chi connectivity index (χ1n) is 6.32. The van der Waals surface area contributed by atoms with E-state index >= 15 is 0 Å². The molecule has 0 spiro atoms. The van der Waals surface area contributed by atoms with Crippen LogP contribution in [0.2, 0.25) is 13.1 Å². The minimum Gasteiger partial charge on any atom is -0.243 e. The summed E-state index contributed by atoms with van der Waals surface area (Å²) in [7, 11) is -4.77. The van der Waals surface area contributed by atoms with E-state index < -0.39 is 54.9 Å². The van der Waals surface area contributed by atoms with Crippen molar-refractivity contribution in [3.8, 4) is 0 Å². The molecule has 0 nitrogen and oxygen atoms in total. The lowest BCUT2D eigenvalue weighted by molar-refractivity contribution is -0.453. The van der Waals surface area contributed by atoms with E-state index in [0.29, 0.717) is 0 Å². The maximum atomic E-state index is 13.4. The van der Waals surface area contributed by atoms with Crippen LogP contribution in [0.4, 0.5) is 70.2 Å². The minimum absolute atomic E-state index is 0.270. The third kappa shape index (κ3) is 3.53. The van der Waals surface area contributed by atoms with Gasteiger partial charge in [-0.25, -0.2) is 4.39 Å². The highest BCUT2D eigenvalue weighted by molar-refractivity contribution is 7.19. The topological polar surface area (TPSA) is 0 Å². The maximum absolute atomic E-state index is 13.4. The van der Waals surface area contributed by atoms with Crippen LogP contribution in [0.1, 0.15) is 0 Å². The molecule has 0 aromatic heterocycles. The molecule has 0 aromatic rings. The summed E-state index contributed by atoms with van der Waals surface area (Å²) in [4.78, 5) is 0. The highest BCUT2D eigenvalue weighted by atomic mass is 35.6. The molecule has 0 heterocycles. The smallest absolute Gasteiger partial charge is 0.243 e. The molecule has 0 saturated heterocycles. The van der Waals surface area contributed by atoms with Gasteiger partial charge >= 0.3 is 41.7 Å². The molecule has 170 valence electrons. The number of hydrogen-bond donors (Lipinski definition) is 0. The van der Waals surface area contributed by atoms with Crippen molar-refractivity contribution in [3.63, 3.8) is 0 Å². The van der Waals surface area contributed by atoms with Crippen molar-refractivity contribution in [3.05, 3.63) is 0 Å². The van der Waals surface area contributed by atoms with Crippen molar-refractivity contribution in [2.24, 2.45) is 0 Å². The van der Waals surface area contributed by atoms with Crippen molar-refractivity contribution >= 4 is 18.5 Å². The van der Waals surface area contributed by atoms with Gasteiger partial charge in [0.15, 0.2) is 13.2 Å². The van der Waals surface area contributed by atoms with Crippen LogP contribution in [-0.4, -0.2) is 54.9 Å². The van der Waals surface area contributed by atoms with E-state index in [1.165, 1.54) is 0 Å². The van der Waals surface area contributed by atoms with Gasteiger partial charge in [-0.3, -0.25) is 0 Å². The molecule has 0 saturated carbocycles. The Morgan fingerprint density at radius 2 is 0.786 bits per heavy atom. The van der Waals surface area contributed by atoms with Crippen LogP contribution >= 0.6 is 11.1 Å². The van der Waals surface area contributed by atoms with Gasteiger partial charge in [0, 0.05) is 0 Å². The second-order valence-corrected chi connectivity index (χ2v) is 12.5. The van der Waals surface area contributed by atoms with Crippen LogP contribution < -0.4 is 0 Å². The number of halogens is 17. The van der Waals surface area contributed by atoms with Gasteiger partial charge < -0.3 is 0 Å². The van der Waals surface area contributed by atoms with Gasteiger partial charge in [-0.2, -0.15) is 76.9 Å². The molecule has 1 unspecified atom stereocenters. The Morgan fingerprint density at radius 3 is 1.04 bits per heavy atom. The van der Waals surface area contributed by atoms with E-state index in [1.54, 1.807) is 0 Å². The zero-order chi connectivity index (χ0) is 23.6. The van der Waals surface area contributed by atoms with Crippen LogP contribution in [-0.2, 0) is 0 Å². The molecule has 0 rings (SSSR count). The molecular weight excluding hydrogens is 488 g/mol. The molecule has 0 aliphatic carbocycles. The molecular formula is C10H7ClF16Si. The molecule has 0 bridgehead atoms. The highest BCUT2D eigenvalue weighted by Crippen LogP contribution is 2.63. The summed E-state index contributed by atoms with van der Waals surface area (Å²) < 4.78 is 206. The highest BCUT2D eigenvalue weighted by Gasteiger charge is 2.94. The first kappa shape index (κ1) is 27.4. The van der Waals surface area contributed by atoms with Crippen molar-refractivity contribution in [1.82, 2.24) is 0 Å². The largest absolute Gasteiger partial charge is 0.460 e. The molecule has 0 fully saturated rings. The summed E-state index contributed by atoms with van der Waals surface area (Å²) in [5, 5.41) is 0. The predicted octanol–water partition coefficient (Wildman–Crippen LogP) is 6.68. The fraction of sp³-hybridized carbons (Fsp3) is 1.00. The SMILES string of the molecule is C[Si](C)(Cl)C(F)C(F)(F)C(F)(F)C(F)(F)C(F)(F)C(F)(F)C(F)(F)C(F)(F)F. The standard InChI is InChI=1S/C10H7ClF16Si/c1-28(2,11)3(12)4(13,14)5(15,16)6(17,18)7(19,20)8(21,22)9(23,24)10(25,26)27/h3H,1-2H3. The zero-order valence-electron chi connectivity index (χ0n) is 13.0. The Morgan fingerprint density at radius 1 is 0.536 bits per heavy atom. The van der Waals surface area contributed by atoms with Gasteiger partial charge in [0.25, 0.3) is 0 Å². The predicted molar refractivity (Wildman–Crippen MR) is 64.0 cm³/mol. The molecule has 0 aliphatic rings. The van der Waals surface area contributed by atoms with Crippen molar-refractivity contribution in [2.75, 3.05) is 0 Å². The van der Waals surface area contributed by atoms with Gasteiger partial charge in [-0.1, -0.05) is 13.1 Å². The number of alkyl halides is 16. The Labute approximate surface area is 150 Å². The molecule has 0 radical (unpaired) electrons. The molecule has 0 aliphatic heterocycles. The first-order valence-corrected chi connectivity index (χ1v) is 10.4. The molecule has 0 amide bonds. The summed E-state index contributed by atoms with van der Waals surface area (Å²) in [6.45, 7) is 0.539. The Bertz CT molecular complexity index is 573. The van der Waals surface area contributed by atoms with Crippen molar-refractivity contribution < 1.29 is 70.2 Å². The third-order valence-electron chi connectivity index (χ3n) is 3.27. The second-order valence-electron chi connectivity index (χ2n) is 5.92. The lowest BCUT2D eigenvalue weighted by Crippen LogP contribution is -2.74. The quantitative estimate of drug-likeness (QED) is 0.210. The Hall–Kier alpha value is -0.613. The first-order chi connectivity index (χ1) is 11.7. The van der Waals surface area contributed by atoms with E-state index in [1.807, 2.05) is 0 Å². The lowest BCUT2D eigenvalue weighted by Gasteiger charge is -2.42. The van der Waals surface area contributed by atoms with E-state index in [9.17, 15) is 70.2 Å².